The number of hydrogen-bond acceptors (Lipinski definition) is 5. The number of nitrogens with two attached hydrogens (primary N) is 1. The Hall–Kier alpha value is -2.69. The number of nitrogens with one attached hydrogen (secondary N) is 1. The van der Waals surface area contributed by atoms with Gasteiger partial charge in [0, 0.05) is 30.6 Å². The summed E-state index contributed by atoms with van der Waals surface area (Å²) in [5.41, 5.74) is 4.99. The van der Waals surface area contributed by atoms with E-state index in [0.717, 1.165) is 63.1 Å². The second kappa shape index (κ2) is 21.9. The molecule has 0 spiro atoms. The number of nitrogens with zero attached hydrogens (tertiary/aromatic N) is 2. The fourth-order valence-corrected chi connectivity index (χ4v) is 5.57. The normalized spacial score (nSPS) is 14.7. The molecule has 1 saturated heterocycles. The van der Waals surface area contributed by atoms with Gasteiger partial charge in [0.1, 0.15) is 6.54 Å². The lowest BCUT2D eigenvalue weighted by molar-refractivity contribution is -0.130. The second-order valence-electron chi connectivity index (χ2n) is 11.9. The molecule has 0 bridgehead atoms. The highest BCUT2D eigenvalue weighted by Crippen LogP contribution is 2.38. The van der Waals surface area contributed by atoms with Crippen LogP contribution in [-0.4, -0.2) is 41.9 Å². The van der Waals surface area contributed by atoms with E-state index in [4.69, 9.17) is 5.84 Å². The molecule has 7 heteroatoms. The average molecular weight is 611 g/mol. The summed E-state index contributed by atoms with van der Waals surface area (Å²) in [6, 6.07) is 8.45. The molecule has 1 atom stereocenters. The molecule has 43 heavy (non-hydrogen) atoms. The SMILES string of the molecule is CCC.CCC#CSC(=C(C)C)c1ccc(C(NC=O)C(C)C)cc1.CCC/C(=C\N(N)CC(=O)N1CCCC1)C1CC1. The van der Waals surface area contributed by atoms with Gasteiger partial charge in [-0.2, -0.15) is 0 Å². The summed E-state index contributed by atoms with van der Waals surface area (Å²) in [6.07, 6.45) is 12.0. The number of hydrogen-bond donors (Lipinski definition) is 2. The third-order valence-corrected chi connectivity index (χ3v) is 8.15. The molecule has 2 aliphatic rings. The van der Waals surface area contributed by atoms with Crippen LogP contribution in [0, 0.1) is 23.0 Å². The van der Waals surface area contributed by atoms with E-state index in [2.05, 4.69) is 96.1 Å². The Balaban J connectivity index is 0.000000399. The number of carbonyl (C=O) groups is 2. The van der Waals surface area contributed by atoms with Crippen molar-refractivity contribution in [2.75, 3.05) is 19.6 Å². The Labute approximate surface area is 267 Å². The van der Waals surface area contributed by atoms with Crippen LogP contribution >= 0.6 is 11.8 Å². The fourth-order valence-electron chi connectivity index (χ4n) is 4.80. The standard InChI is InChI=1S/C19H25NOS.C14H25N3O.C3H8/c1-6-7-12-22-19(15(4)5)17-10-8-16(9-11-17)18(14(2)3)20-13-21;1-2-5-13(12-6-7-12)10-17(15)11-14(18)16-8-3-4-9-16;1-3-2/h8-11,13-14,18H,6H2,1-5H3,(H,20,21);10,12H,2-9,11,15H2,1H3;3H2,1-2H3/b;13-10+;. The topological polar surface area (TPSA) is 78.7 Å². The highest BCUT2D eigenvalue weighted by atomic mass is 32.2. The maximum atomic E-state index is 12.0. The summed E-state index contributed by atoms with van der Waals surface area (Å²) in [5, 5.41) is 7.62. The molecule has 1 saturated carbocycles. The summed E-state index contributed by atoms with van der Waals surface area (Å²) >= 11 is 1.58. The first-order valence-corrected chi connectivity index (χ1v) is 17.1. The number of allylic oxidation sites excluding steroid dienone is 2. The van der Waals surface area contributed by atoms with Crippen molar-refractivity contribution in [1.29, 1.82) is 0 Å². The molecule has 2 amide bonds. The molecular formula is C36H58N4O2S. The van der Waals surface area contributed by atoms with E-state index in [1.54, 1.807) is 16.8 Å². The third-order valence-electron chi connectivity index (χ3n) is 7.05. The van der Waals surface area contributed by atoms with Gasteiger partial charge in [0.05, 0.1) is 6.04 Å². The number of amides is 2. The predicted octanol–water partition coefficient (Wildman–Crippen LogP) is 8.28. The molecule has 3 N–H and O–H groups in total. The lowest BCUT2D eigenvalue weighted by Crippen LogP contribution is -2.39. The zero-order chi connectivity index (χ0) is 32.2. The quantitative estimate of drug-likeness (QED) is 0.108. The first kappa shape index (κ1) is 38.3. The third kappa shape index (κ3) is 15.0. The minimum absolute atomic E-state index is 0.0502. The fraction of sp³-hybridized carbons (Fsp3) is 0.611. The highest BCUT2D eigenvalue weighted by molar-refractivity contribution is 8.12. The van der Waals surface area contributed by atoms with E-state index in [1.807, 2.05) is 11.1 Å². The first-order valence-electron chi connectivity index (χ1n) is 16.2. The van der Waals surface area contributed by atoms with Gasteiger partial charge in [0.2, 0.25) is 12.3 Å². The van der Waals surface area contributed by atoms with E-state index in [0.29, 0.717) is 12.5 Å². The minimum atomic E-state index is 0.0502. The van der Waals surface area contributed by atoms with Crippen LogP contribution < -0.4 is 11.2 Å². The number of benzene rings is 1. The Morgan fingerprint density at radius 3 is 2.19 bits per heavy atom. The summed E-state index contributed by atoms with van der Waals surface area (Å²) in [6.45, 7) is 19.0. The number of likely N-dealkylation sites (tertiary alicyclic amines) is 1. The predicted molar refractivity (Wildman–Crippen MR) is 186 cm³/mol. The number of carbonyl (C=O) groups excluding carboxylic acids is 2. The van der Waals surface area contributed by atoms with E-state index < -0.39 is 0 Å². The monoisotopic (exact) mass is 610 g/mol. The molecule has 2 fully saturated rings. The Bertz CT molecular complexity index is 1070. The van der Waals surface area contributed by atoms with Crippen molar-refractivity contribution < 1.29 is 9.59 Å². The van der Waals surface area contributed by atoms with Crippen molar-refractivity contribution in [2.45, 2.75) is 113 Å². The molecule has 1 heterocycles. The molecule has 1 aromatic rings. The lowest BCUT2D eigenvalue weighted by atomic mass is 9.95. The molecule has 6 nitrogen and oxygen atoms in total. The second-order valence-corrected chi connectivity index (χ2v) is 12.7. The molecule has 0 radical (unpaired) electrons. The molecule has 1 aromatic carbocycles. The maximum absolute atomic E-state index is 12.0. The van der Waals surface area contributed by atoms with Crippen LogP contribution in [0.1, 0.15) is 124 Å². The van der Waals surface area contributed by atoms with Crippen LogP contribution in [0.2, 0.25) is 0 Å². The van der Waals surface area contributed by atoms with E-state index in [-0.39, 0.29) is 11.9 Å². The van der Waals surface area contributed by atoms with Crippen molar-refractivity contribution in [3.63, 3.8) is 0 Å². The van der Waals surface area contributed by atoms with Crippen LogP contribution in [-0.2, 0) is 9.59 Å². The molecule has 1 unspecified atom stereocenters. The summed E-state index contributed by atoms with van der Waals surface area (Å²) in [5.74, 6) is 10.3. The molecule has 1 aliphatic heterocycles. The number of hydrazine groups is 1. The van der Waals surface area contributed by atoms with Crippen molar-refractivity contribution in [3.8, 4) is 11.2 Å². The van der Waals surface area contributed by atoms with Gasteiger partial charge in [0.25, 0.3) is 0 Å². The van der Waals surface area contributed by atoms with Crippen LogP contribution in [0.15, 0.2) is 41.6 Å². The van der Waals surface area contributed by atoms with Gasteiger partial charge < -0.3 is 15.2 Å². The van der Waals surface area contributed by atoms with E-state index in [9.17, 15) is 9.59 Å². The summed E-state index contributed by atoms with van der Waals surface area (Å²) in [7, 11) is 0. The van der Waals surface area contributed by atoms with Crippen LogP contribution in [0.4, 0.5) is 0 Å². The highest BCUT2D eigenvalue weighted by Gasteiger charge is 2.26. The van der Waals surface area contributed by atoms with E-state index >= 15 is 0 Å². The number of thioether (sulfide) groups is 1. The lowest BCUT2D eigenvalue weighted by Gasteiger charge is -2.21. The molecular weight excluding hydrogens is 552 g/mol. The minimum Gasteiger partial charge on any atom is -0.352 e. The molecule has 240 valence electrons. The van der Waals surface area contributed by atoms with E-state index in [1.165, 1.54) is 40.9 Å². The Kier molecular flexibility index (Phi) is 19.5. The Morgan fingerprint density at radius 2 is 1.72 bits per heavy atom. The van der Waals surface area contributed by atoms with Gasteiger partial charge in [-0.1, -0.05) is 90.1 Å². The summed E-state index contributed by atoms with van der Waals surface area (Å²) in [4.78, 5) is 25.8. The average Bonchev–Trinajstić information content (AvgIpc) is 3.67. The Morgan fingerprint density at radius 1 is 1.12 bits per heavy atom. The van der Waals surface area contributed by atoms with Gasteiger partial charge in [-0.3, -0.25) is 9.59 Å². The van der Waals surface area contributed by atoms with Crippen molar-refractivity contribution in [3.05, 3.63) is 52.7 Å². The largest absolute Gasteiger partial charge is 0.352 e. The van der Waals surface area contributed by atoms with Gasteiger partial charge in [0.15, 0.2) is 0 Å². The molecule has 0 aromatic heterocycles. The van der Waals surface area contributed by atoms with Crippen molar-refractivity contribution >= 4 is 29.0 Å². The van der Waals surface area contributed by atoms with Crippen molar-refractivity contribution in [2.24, 2.45) is 17.7 Å². The molecule has 1 aliphatic carbocycles. The van der Waals surface area contributed by atoms with Crippen molar-refractivity contribution in [1.82, 2.24) is 15.2 Å². The van der Waals surface area contributed by atoms with Gasteiger partial charge in [-0.25, -0.2) is 5.84 Å². The number of rotatable bonds is 12. The van der Waals surface area contributed by atoms with Crippen LogP contribution in [0.3, 0.4) is 0 Å². The zero-order valence-electron chi connectivity index (χ0n) is 28.2. The van der Waals surface area contributed by atoms with Crippen LogP contribution in [0.5, 0.6) is 0 Å². The maximum Gasteiger partial charge on any atom is 0.243 e. The summed E-state index contributed by atoms with van der Waals surface area (Å²) < 4.78 is 0. The van der Waals surface area contributed by atoms with Gasteiger partial charge in [-0.15, -0.1) is 0 Å². The first-order chi connectivity index (χ1) is 20.6. The zero-order valence-corrected chi connectivity index (χ0v) is 29.0. The smallest absolute Gasteiger partial charge is 0.243 e. The van der Waals surface area contributed by atoms with Gasteiger partial charge >= 0.3 is 0 Å². The van der Waals surface area contributed by atoms with Crippen LogP contribution in [0.25, 0.3) is 4.91 Å². The van der Waals surface area contributed by atoms with Gasteiger partial charge in [-0.05, 0) is 91.5 Å². The molecule has 3 rings (SSSR count).